The van der Waals surface area contributed by atoms with Crippen molar-refractivity contribution in [1.82, 2.24) is 9.55 Å². The van der Waals surface area contributed by atoms with Gasteiger partial charge in [0.25, 0.3) is 0 Å². The third-order valence-electron chi connectivity index (χ3n) is 10.2. The molecule has 1 unspecified atom stereocenters. The highest BCUT2D eigenvalue weighted by Gasteiger charge is 2.58. The molecule has 4 aliphatic carbocycles. The number of nitrogens with zero attached hydrogens (tertiary/aromatic N) is 2. The molecule has 2 heterocycles. The van der Waals surface area contributed by atoms with Gasteiger partial charge in [0.05, 0.1) is 24.7 Å². The molecule has 4 bridgehead atoms. The lowest BCUT2D eigenvalue weighted by Gasteiger charge is -2.62. The van der Waals surface area contributed by atoms with Crippen molar-refractivity contribution in [3.8, 4) is 0 Å². The van der Waals surface area contributed by atoms with E-state index in [1.807, 2.05) is 12.3 Å². The van der Waals surface area contributed by atoms with Crippen LogP contribution in [0, 0.1) is 17.8 Å². The molecule has 2 aromatic heterocycles. The maximum atomic E-state index is 7.28. The van der Waals surface area contributed by atoms with Gasteiger partial charge in [0.1, 0.15) is 12.4 Å². The second-order valence-electron chi connectivity index (χ2n) is 15.7. The number of nitrogens with one attached hydrogen (secondary N) is 1. The largest absolute Gasteiger partial charge is 0.504 e. The van der Waals surface area contributed by atoms with Gasteiger partial charge >= 0.3 is 0 Å². The summed E-state index contributed by atoms with van der Waals surface area (Å²) in [5.74, 6) is 2.09. The summed E-state index contributed by atoms with van der Waals surface area (Å²) in [5.41, 5.74) is 3.32. The Bertz CT molecular complexity index is 1210. The number of hydrogen-bond acceptors (Lipinski definition) is 5. The van der Waals surface area contributed by atoms with Gasteiger partial charge < -0.3 is 23.8 Å². The first-order valence-electron chi connectivity index (χ1n) is 15.4. The van der Waals surface area contributed by atoms with Gasteiger partial charge in [-0.3, -0.25) is 0 Å². The van der Waals surface area contributed by atoms with Crippen molar-refractivity contribution in [1.29, 1.82) is 0 Å². The average Bonchev–Trinajstić information content (AvgIpc) is 3.24. The zero-order valence-electron chi connectivity index (χ0n) is 26.5. The fraction of sp³-hybridized carbons (Fsp3) is 0.719. The molecule has 6 rings (SSSR count). The Morgan fingerprint density at radius 1 is 1.10 bits per heavy atom. The van der Waals surface area contributed by atoms with E-state index in [-0.39, 0.29) is 10.6 Å². The fourth-order valence-electron chi connectivity index (χ4n) is 7.40. The van der Waals surface area contributed by atoms with Gasteiger partial charge in [-0.2, -0.15) is 0 Å². The van der Waals surface area contributed by atoms with E-state index in [1.165, 1.54) is 43.8 Å². The monoisotopic (exact) mass is 583 g/mol. The minimum Gasteiger partial charge on any atom is -0.504 e. The molecule has 0 radical (unpaired) electrons. The van der Waals surface area contributed by atoms with Gasteiger partial charge in [0.2, 0.25) is 0 Å². The normalized spacial score (nSPS) is 28.6. The van der Waals surface area contributed by atoms with Crippen LogP contribution in [0.4, 0.5) is 5.69 Å². The van der Waals surface area contributed by atoms with Crippen molar-refractivity contribution in [2.24, 2.45) is 17.8 Å². The molecular weight excluding hydrogens is 531 g/mol. The maximum absolute atomic E-state index is 7.28. The van der Waals surface area contributed by atoms with Crippen LogP contribution in [-0.2, 0) is 20.6 Å². The van der Waals surface area contributed by atoms with Crippen molar-refractivity contribution in [3.05, 3.63) is 30.3 Å². The van der Waals surface area contributed by atoms with E-state index in [2.05, 4.69) is 75.7 Å². The maximum Gasteiger partial charge on any atom is 0.192 e. The Morgan fingerprint density at radius 3 is 2.42 bits per heavy atom. The van der Waals surface area contributed by atoms with E-state index in [0.717, 1.165) is 29.1 Å². The van der Waals surface area contributed by atoms with Gasteiger partial charge in [-0.15, -0.1) is 0 Å². The highest BCUT2D eigenvalue weighted by atomic mass is 28.4. The first kappa shape index (κ1) is 29.9. The van der Waals surface area contributed by atoms with Crippen molar-refractivity contribution in [2.75, 3.05) is 19.0 Å². The van der Waals surface area contributed by atoms with Crippen LogP contribution in [0.3, 0.4) is 0 Å². The molecule has 4 saturated carbocycles. The van der Waals surface area contributed by atoms with Crippen LogP contribution in [0.5, 0.6) is 0 Å². The highest BCUT2D eigenvalue weighted by Crippen LogP contribution is 2.59. The zero-order chi connectivity index (χ0) is 28.9. The predicted octanol–water partition coefficient (Wildman–Crippen LogP) is 8.35. The van der Waals surface area contributed by atoms with Crippen LogP contribution < -0.4 is 5.32 Å². The Balaban J connectivity index is 1.39. The lowest BCUT2D eigenvalue weighted by molar-refractivity contribution is -0.120. The van der Waals surface area contributed by atoms with E-state index in [1.54, 1.807) is 13.4 Å². The molecule has 4 fully saturated rings. The summed E-state index contributed by atoms with van der Waals surface area (Å²) in [7, 11) is -1.25. The third-order valence-corrected chi connectivity index (χ3v) is 16.5. The summed E-state index contributed by atoms with van der Waals surface area (Å²) < 4.78 is 20.8. The molecule has 0 aliphatic heterocycles. The molecule has 1 N–H and O–H groups in total. The molecule has 40 heavy (non-hydrogen) atoms. The molecule has 0 saturated heterocycles. The number of methoxy groups -OCH3 is 1. The molecule has 5 atom stereocenters. The molecule has 0 aromatic carbocycles. The quantitative estimate of drug-likeness (QED) is 0.164. The smallest absolute Gasteiger partial charge is 0.192 e. The Kier molecular flexibility index (Phi) is 8.14. The lowest BCUT2D eigenvalue weighted by Crippen LogP contribution is -2.63. The summed E-state index contributed by atoms with van der Waals surface area (Å²) in [4.78, 5) is 4.87. The number of fused-ring (bicyclic) bond motifs is 1. The Morgan fingerprint density at radius 2 is 1.80 bits per heavy atom. The zero-order valence-corrected chi connectivity index (χ0v) is 28.5. The van der Waals surface area contributed by atoms with Crippen LogP contribution in [0.2, 0.25) is 43.8 Å². The topological polar surface area (TPSA) is 57.5 Å². The minimum absolute atomic E-state index is 0.0839. The number of aromatic nitrogens is 2. The van der Waals surface area contributed by atoms with E-state index in [9.17, 15) is 0 Å². The van der Waals surface area contributed by atoms with Crippen molar-refractivity contribution in [2.45, 2.75) is 115 Å². The van der Waals surface area contributed by atoms with E-state index >= 15 is 0 Å². The molecule has 6 nitrogen and oxygen atoms in total. The number of pyridine rings is 1. The summed E-state index contributed by atoms with van der Waals surface area (Å²) in [6.07, 6.45) is 14.2. The molecule has 222 valence electrons. The van der Waals surface area contributed by atoms with Crippen LogP contribution in [-0.4, -0.2) is 51.3 Å². The number of ether oxygens (including phenoxy) is 2. The van der Waals surface area contributed by atoms with Crippen LogP contribution in [0.1, 0.15) is 58.4 Å². The SMILES string of the molecule is COC=Cc1cnc2c(ccn2COCC[Si](C)(C)C)c1N[C@H]1[C@@H]2CC3C[C@H]1C[C@@](O[Si](C)(C)C(C)(C)C)(C3)C2. The van der Waals surface area contributed by atoms with Gasteiger partial charge in [0, 0.05) is 44.1 Å². The van der Waals surface area contributed by atoms with Gasteiger partial charge in [-0.05, 0) is 86.2 Å². The summed E-state index contributed by atoms with van der Waals surface area (Å²) in [5, 5.41) is 5.52. The molecule has 8 heteroatoms. The molecule has 0 spiro atoms. The van der Waals surface area contributed by atoms with Crippen LogP contribution in [0.15, 0.2) is 24.7 Å². The lowest BCUT2D eigenvalue weighted by atomic mass is 9.52. The third kappa shape index (κ3) is 6.10. The standard InChI is InChI=1S/C32H53N3O3Si2/c1-31(2,3)40(8,9)38-32-18-23-16-25(19-32)28(26(17-23)20-32)34-29-24(11-13-36-4)21-33-30-27(29)10-12-35(30)22-37-14-15-39(5,6)7/h10-13,21,23,25-26,28H,14-20,22H2,1-9H3,(H,33,34)/t23?,25-,26+,28+,32-. The van der Waals surface area contributed by atoms with Crippen molar-refractivity contribution in [3.63, 3.8) is 0 Å². The minimum atomic E-state index is -1.83. The van der Waals surface area contributed by atoms with Crippen molar-refractivity contribution >= 4 is 39.2 Å². The first-order chi connectivity index (χ1) is 18.7. The summed E-state index contributed by atoms with van der Waals surface area (Å²) in [6, 6.07) is 3.84. The Labute approximate surface area is 244 Å². The van der Waals surface area contributed by atoms with Gasteiger partial charge in [0.15, 0.2) is 8.32 Å². The summed E-state index contributed by atoms with van der Waals surface area (Å²) >= 11 is 0. The molecule has 0 amide bonds. The van der Waals surface area contributed by atoms with Gasteiger partial charge in [-0.1, -0.05) is 40.4 Å². The number of hydrogen-bond donors (Lipinski definition) is 1. The summed E-state index contributed by atoms with van der Waals surface area (Å²) in [6.45, 7) is 20.5. The van der Waals surface area contributed by atoms with Crippen LogP contribution >= 0.6 is 0 Å². The second-order valence-corrected chi connectivity index (χ2v) is 26.0. The van der Waals surface area contributed by atoms with Gasteiger partial charge in [-0.25, -0.2) is 4.98 Å². The molecular formula is C32H53N3O3Si2. The predicted molar refractivity (Wildman–Crippen MR) is 172 cm³/mol. The Hall–Kier alpha value is -1.62. The molecule has 4 aliphatic rings. The number of rotatable bonds is 11. The number of anilines is 1. The fourth-order valence-corrected chi connectivity index (χ4v) is 9.79. The van der Waals surface area contributed by atoms with E-state index in [0.29, 0.717) is 24.6 Å². The average molecular weight is 584 g/mol. The molecule has 2 aromatic rings. The second kappa shape index (κ2) is 10.9. The van der Waals surface area contributed by atoms with Crippen molar-refractivity contribution < 1.29 is 13.9 Å². The van der Waals surface area contributed by atoms with E-state index in [4.69, 9.17) is 18.9 Å². The van der Waals surface area contributed by atoms with E-state index < -0.39 is 16.4 Å². The van der Waals surface area contributed by atoms with Crippen LogP contribution in [0.25, 0.3) is 17.1 Å². The highest BCUT2D eigenvalue weighted by molar-refractivity contribution is 6.76. The first-order valence-corrected chi connectivity index (χ1v) is 22.0.